The number of benzene rings is 2. The van der Waals surface area contributed by atoms with Crippen LogP contribution in [0.1, 0.15) is 78.6 Å². The summed E-state index contributed by atoms with van der Waals surface area (Å²) in [4.78, 5) is 62.3. The van der Waals surface area contributed by atoms with E-state index in [-0.39, 0.29) is 19.4 Å². The van der Waals surface area contributed by atoms with Gasteiger partial charge in [0.05, 0.1) is 30.1 Å². The van der Waals surface area contributed by atoms with Crippen LogP contribution in [0, 0.1) is 5.92 Å². The molecule has 1 unspecified atom stereocenters. The fraction of sp³-hybridized carbons (Fsp3) is 0.500. The van der Waals surface area contributed by atoms with Crippen LogP contribution in [0.15, 0.2) is 66.7 Å². The summed E-state index contributed by atoms with van der Waals surface area (Å²) in [5.41, 5.74) is -0.197. The highest BCUT2D eigenvalue weighted by atomic mass is 32.2. The molecule has 2 aromatic carbocycles. The molecule has 0 spiro atoms. The van der Waals surface area contributed by atoms with E-state index < -0.39 is 74.3 Å². The van der Waals surface area contributed by atoms with E-state index in [1.165, 1.54) is 4.90 Å². The first-order valence-electron chi connectivity index (χ1n) is 19.7. The zero-order valence-electron chi connectivity index (χ0n) is 32.8. The molecule has 14 nitrogen and oxygen atoms in total. The highest BCUT2D eigenvalue weighted by Gasteiger charge is 2.62. The van der Waals surface area contributed by atoms with Gasteiger partial charge in [0.25, 0.3) is 5.91 Å². The predicted molar refractivity (Wildman–Crippen MR) is 213 cm³/mol. The Morgan fingerprint density at radius 3 is 2.47 bits per heavy atom. The smallest absolute Gasteiger partial charge is 0.408 e. The van der Waals surface area contributed by atoms with Gasteiger partial charge in [0.15, 0.2) is 0 Å². The third kappa shape index (κ3) is 8.88. The minimum Gasteiger partial charge on any atom is -0.497 e. The van der Waals surface area contributed by atoms with Gasteiger partial charge in [-0.2, -0.15) is 0 Å². The summed E-state index contributed by atoms with van der Waals surface area (Å²) < 4.78 is 46.1. The average Bonchev–Trinajstić information content (AvgIpc) is 3.67. The summed E-state index contributed by atoms with van der Waals surface area (Å²) in [6.45, 7) is 5.18. The number of ether oxygens (including phenoxy) is 3. The fourth-order valence-electron chi connectivity index (χ4n) is 7.76. The lowest BCUT2D eigenvalue weighted by Crippen LogP contribution is -2.59. The standard InChI is InChI=1S/C42H51N5O9S/c1-41(2,3)56-40(51)44-32-18-11-6-5-10-15-27-24-42(27,39(50)46-57(52,53)30-16-12-17-30)45-37(48)35-22-29(25-47(35)38(32)49)55-36-23-33(26-13-8-7-9-14-26)43-34-21-28(54-4)19-20-31(34)36/h7-10,13-15,19-21,23,27,29-30,32,35H,5-6,11-12,16-18,22,24-25H2,1-4H3,(H,44,51)(H,45,48)(H,46,50)/b15-10-/t27?,29-,32+,35+,42-/m1/s1. The van der Waals surface area contributed by atoms with E-state index in [0.717, 1.165) is 12.0 Å². The topological polar surface area (TPSA) is 182 Å². The minimum absolute atomic E-state index is 0.0113. The van der Waals surface area contributed by atoms with Gasteiger partial charge in [-0.3, -0.25) is 19.1 Å². The number of nitrogens with zero attached hydrogens (tertiary/aromatic N) is 2. The van der Waals surface area contributed by atoms with E-state index in [1.54, 1.807) is 33.9 Å². The number of rotatable bonds is 8. The minimum atomic E-state index is -3.93. The SMILES string of the molecule is COc1ccc2c(O[C@@H]3C[C@H]4C(=O)N[C@]5(C(=O)NS(=O)(=O)C6CCC6)CC5/C=C\CCCC[C@H](NC(=O)OC(C)(C)C)C(=O)N4C3)cc(-c3ccccc3)nc2c1. The molecule has 0 radical (unpaired) electrons. The van der Waals surface area contributed by atoms with Crippen molar-refractivity contribution in [3.63, 3.8) is 0 Å². The largest absolute Gasteiger partial charge is 0.497 e. The Labute approximate surface area is 333 Å². The second kappa shape index (κ2) is 16.0. The first-order valence-corrected chi connectivity index (χ1v) is 21.3. The van der Waals surface area contributed by atoms with Crippen molar-refractivity contribution in [2.45, 2.75) is 113 Å². The second-order valence-corrected chi connectivity index (χ2v) is 18.4. The molecule has 1 saturated heterocycles. The molecule has 304 valence electrons. The van der Waals surface area contributed by atoms with Crippen LogP contribution >= 0.6 is 0 Å². The summed E-state index contributed by atoms with van der Waals surface area (Å²) in [6.07, 6.45) is 6.46. The number of sulfonamides is 1. The van der Waals surface area contributed by atoms with Gasteiger partial charge >= 0.3 is 6.09 Å². The van der Waals surface area contributed by atoms with E-state index in [0.29, 0.717) is 66.6 Å². The Morgan fingerprint density at radius 2 is 1.77 bits per heavy atom. The van der Waals surface area contributed by atoms with E-state index >= 15 is 0 Å². The number of methoxy groups -OCH3 is 1. The summed E-state index contributed by atoms with van der Waals surface area (Å²) in [5, 5.41) is 5.70. The molecular weight excluding hydrogens is 751 g/mol. The number of alkyl carbamates (subject to hydrolysis) is 1. The lowest BCUT2D eigenvalue weighted by molar-refractivity contribution is -0.141. The molecule has 5 atom stereocenters. The lowest BCUT2D eigenvalue weighted by atomic mass is 10.0. The van der Waals surface area contributed by atoms with Crippen LogP contribution in [0.2, 0.25) is 0 Å². The van der Waals surface area contributed by atoms with Gasteiger partial charge in [0.1, 0.15) is 40.8 Å². The van der Waals surface area contributed by atoms with Crippen LogP contribution in [0.25, 0.3) is 22.2 Å². The predicted octanol–water partition coefficient (Wildman–Crippen LogP) is 5.16. The molecule has 4 amide bonds. The maximum Gasteiger partial charge on any atom is 0.408 e. The van der Waals surface area contributed by atoms with Gasteiger partial charge in [-0.05, 0) is 71.4 Å². The Hall–Kier alpha value is -5.18. The first-order chi connectivity index (χ1) is 27.2. The van der Waals surface area contributed by atoms with Crippen molar-refractivity contribution < 1.29 is 41.8 Å². The van der Waals surface area contributed by atoms with Crippen molar-refractivity contribution in [2.24, 2.45) is 5.92 Å². The van der Waals surface area contributed by atoms with E-state index in [2.05, 4.69) is 15.4 Å². The van der Waals surface area contributed by atoms with Crippen LogP contribution in [-0.2, 0) is 29.1 Å². The number of pyridine rings is 1. The Bertz CT molecular complexity index is 2170. The van der Waals surface area contributed by atoms with Crippen molar-refractivity contribution >= 4 is 44.7 Å². The Balaban J connectivity index is 1.22. The highest BCUT2D eigenvalue weighted by molar-refractivity contribution is 7.90. The zero-order valence-corrected chi connectivity index (χ0v) is 33.6. The average molecular weight is 802 g/mol. The van der Waals surface area contributed by atoms with E-state index in [4.69, 9.17) is 19.2 Å². The molecule has 7 rings (SSSR count). The van der Waals surface area contributed by atoms with Crippen molar-refractivity contribution in [3.05, 3.63) is 66.7 Å². The summed E-state index contributed by atoms with van der Waals surface area (Å²) in [7, 11) is -2.36. The van der Waals surface area contributed by atoms with Gasteiger partial charge in [-0.15, -0.1) is 0 Å². The van der Waals surface area contributed by atoms with E-state index in [1.807, 2.05) is 60.7 Å². The molecule has 3 aromatic rings. The molecular formula is C42H51N5O9S. The van der Waals surface area contributed by atoms with Crippen molar-refractivity contribution in [2.75, 3.05) is 13.7 Å². The number of amides is 4. The summed E-state index contributed by atoms with van der Waals surface area (Å²) >= 11 is 0. The highest BCUT2D eigenvalue weighted by Crippen LogP contribution is 2.46. The normalized spacial score (nSPS) is 26.1. The molecule has 0 bridgehead atoms. The fourth-order valence-corrected chi connectivity index (χ4v) is 9.32. The number of hydrogen-bond donors (Lipinski definition) is 3. The number of nitrogens with one attached hydrogen (secondary N) is 3. The molecule has 2 aliphatic carbocycles. The van der Waals surface area contributed by atoms with Crippen molar-refractivity contribution in [1.29, 1.82) is 0 Å². The number of fused-ring (bicyclic) bond motifs is 3. The summed E-state index contributed by atoms with van der Waals surface area (Å²) in [6, 6.07) is 14.8. The van der Waals surface area contributed by atoms with Gasteiger partial charge in [-0.25, -0.2) is 18.2 Å². The molecule has 2 aliphatic heterocycles. The molecule has 3 fully saturated rings. The third-order valence-corrected chi connectivity index (χ3v) is 13.0. The first kappa shape index (κ1) is 40.0. The number of carbonyl (C=O) groups excluding carboxylic acids is 4. The summed E-state index contributed by atoms with van der Waals surface area (Å²) in [5.74, 6) is -1.24. The quantitative estimate of drug-likeness (QED) is 0.258. The van der Waals surface area contributed by atoms with Gasteiger partial charge in [-0.1, -0.05) is 55.3 Å². The zero-order chi connectivity index (χ0) is 40.5. The van der Waals surface area contributed by atoms with Crippen LogP contribution in [-0.4, -0.2) is 90.3 Å². The van der Waals surface area contributed by atoms with Gasteiger partial charge in [0, 0.05) is 35.4 Å². The number of allylic oxidation sites excluding steroid dienone is 1. The van der Waals surface area contributed by atoms with Crippen LogP contribution in [0.3, 0.4) is 0 Å². The third-order valence-electron chi connectivity index (χ3n) is 11.2. The van der Waals surface area contributed by atoms with Crippen LogP contribution < -0.4 is 24.8 Å². The molecule has 3 N–H and O–H groups in total. The van der Waals surface area contributed by atoms with Crippen molar-refractivity contribution in [1.82, 2.24) is 25.2 Å². The Kier molecular flexibility index (Phi) is 11.2. The van der Waals surface area contributed by atoms with Gasteiger partial charge < -0.3 is 29.7 Å². The number of carbonyl (C=O) groups is 4. The lowest BCUT2D eigenvalue weighted by Gasteiger charge is -2.31. The molecule has 2 saturated carbocycles. The molecule has 3 heterocycles. The number of hydrogen-bond acceptors (Lipinski definition) is 10. The Morgan fingerprint density at radius 1 is 1.00 bits per heavy atom. The second-order valence-electron chi connectivity index (χ2n) is 16.4. The van der Waals surface area contributed by atoms with Crippen LogP contribution in [0.5, 0.6) is 11.5 Å². The molecule has 1 aromatic heterocycles. The maximum absolute atomic E-state index is 14.6. The maximum atomic E-state index is 14.6. The molecule has 57 heavy (non-hydrogen) atoms. The van der Waals surface area contributed by atoms with Gasteiger partial charge in [0.2, 0.25) is 21.8 Å². The molecule has 15 heteroatoms. The van der Waals surface area contributed by atoms with E-state index in [9.17, 15) is 27.6 Å². The monoisotopic (exact) mass is 801 g/mol. The molecule has 4 aliphatic rings. The van der Waals surface area contributed by atoms with Crippen LogP contribution in [0.4, 0.5) is 4.79 Å². The number of aromatic nitrogens is 1. The van der Waals surface area contributed by atoms with Crippen molar-refractivity contribution in [3.8, 4) is 22.8 Å².